The van der Waals surface area contributed by atoms with E-state index < -0.39 is 0 Å². The fourth-order valence-electron chi connectivity index (χ4n) is 9.78. The van der Waals surface area contributed by atoms with E-state index in [2.05, 4.69) is 65.8 Å². The van der Waals surface area contributed by atoms with Gasteiger partial charge in [0.2, 0.25) is 0 Å². The van der Waals surface area contributed by atoms with Gasteiger partial charge in [0.1, 0.15) is 6.79 Å². The van der Waals surface area contributed by atoms with E-state index >= 15 is 0 Å². The van der Waals surface area contributed by atoms with Crippen molar-refractivity contribution in [3.05, 3.63) is 35.9 Å². The van der Waals surface area contributed by atoms with Gasteiger partial charge in [-0.1, -0.05) is 71.9 Å². The quantitative estimate of drug-likeness (QED) is 0.157. The summed E-state index contributed by atoms with van der Waals surface area (Å²) in [7, 11) is 1.72. The van der Waals surface area contributed by atoms with E-state index in [9.17, 15) is 0 Å². The summed E-state index contributed by atoms with van der Waals surface area (Å²) in [4.78, 5) is 0. The van der Waals surface area contributed by atoms with Crippen LogP contribution in [0, 0.1) is 45.3 Å². The molecule has 4 fully saturated rings. The Morgan fingerprint density at radius 2 is 1.36 bits per heavy atom. The molecule has 6 nitrogen and oxygen atoms in total. The summed E-state index contributed by atoms with van der Waals surface area (Å²) in [6.07, 6.45) is 5.60. The molecule has 10 atom stereocenters. The van der Waals surface area contributed by atoms with Crippen LogP contribution in [0.15, 0.2) is 30.3 Å². The monoisotopic (exact) mass is 586 g/mol. The van der Waals surface area contributed by atoms with Crippen LogP contribution in [0.1, 0.15) is 86.6 Å². The molecule has 0 N–H and O–H groups in total. The Morgan fingerprint density at radius 1 is 0.762 bits per heavy atom. The first-order valence-corrected chi connectivity index (χ1v) is 16.5. The Labute approximate surface area is 255 Å². The van der Waals surface area contributed by atoms with Crippen LogP contribution in [0.25, 0.3) is 0 Å². The molecule has 0 radical (unpaired) electrons. The van der Waals surface area contributed by atoms with Crippen LogP contribution in [-0.4, -0.2) is 58.5 Å². The highest BCUT2D eigenvalue weighted by Gasteiger charge is 2.66. The molecular weight excluding hydrogens is 528 g/mol. The molecule has 0 aliphatic heterocycles. The van der Waals surface area contributed by atoms with Crippen molar-refractivity contribution in [2.45, 2.75) is 112 Å². The topological polar surface area (TPSA) is 55.4 Å². The molecule has 0 heterocycles. The minimum absolute atomic E-state index is 0.0823. The number of hydrogen-bond acceptors (Lipinski definition) is 6. The third-order valence-electron chi connectivity index (χ3n) is 12.4. The molecule has 4 aliphatic rings. The van der Waals surface area contributed by atoms with Crippen molar-refractivity contribution < 1.29 is 28.4 Å². The number of benzene rings is 1. The van der Waals surface area contributed by atoms with Gasteiger partial charge in [-0.3, -0.25) is 0 Å². The van der Waals surface area contributed by atoms with Crippen molar-refractivity contribution in [2.24, 2.45) is 45.3 Å². The van der Waals surface area contributed by atoms with E-state index in [1.807, 2.05) is 19.9 Å². The summed E-state index contributed by atoms with van der Waals surface area (Å²) in [6.45, 7) is 20.8. The Balaban J connectivity index is 1.10. The Kier molecular flexibility index (Phi) is 9.56. The number of hydrogen-bond donors (Lipinski definition) is 0. The van der Waals surface area contributed by atoms with Crippen LogP contribution in [0.3, 0.4) is 0 Å². The highest BCUT2D eigenvalue weighted by molar-refractivity contribution is 5.15. The van der Waals surface area contributed by atoms with Gasteiger partial charge in [-0.15, -0.1) is 0 Å². The molecule has 4 aliphatic carbocycles. The third-order valence-corrected chi connectivity index (χ3v) is 12.4. The normalized spacial score (nSPS) is 39.2. The summed E-state index contributed by atoms with van der Waals surface area (Å²) in [5, 5.41) is 0. The fourth-order valence-corrected chi connectivity index (χ4v) is 9.78. The molecule has 4 bridgehead atoms. The molecule has 4 saturated carbocycles. The molecule has 0 amide bonds. The zero-order valence-electron chi connectivity index (χ0n) is 27.8. The van der Waals surface area contributed by atoms with Crippen molar-refractivity contribution in [2.75, 3.05) is 33.7 Å². The second-order valence-corrected chi connectivity index (χ2v) is 15.7. The van der Waals surface area contributed by atoms with Crippen molar-refractivity contribution in [1.82, 2.24) is 0 Å². The first-order chi connectivity index (χ1) is 19.8. The summed E-state index contributed by atoms with van der Waals surface area (Å²) in [5.74, 6) is 2.23. The van der Waals surface area contributed by atoms with Gasteiger partial charge in [0, 0.05) is 7.11 Å². The Morgan fingerprint density at radius 3 is 1.98 bits per heavy atom. The van der Waals surface area contributed by atoms with Crippen molar-refractivity contribution >= 4 is 0 Å². The molecule has 10 unspecified atom stereocenters. The zero-order chi connectivity index (χ0) is 30.3. The average molecular weight is 587 g/mol. The van der Waals surface area contributed by atoms with Crippen LogP contribution < -0.4 is 0 Å². The van der Waals surface area contributed by atoms with Crippen LogP contribution in [0.5, 0.6) is 0 Å². The number of fused-ring (bicyclic) bond motifs is 4. The second kappa shape index (κ2) is 12.4. The van der Waals surface area contributed by atoms with Crippen molar-refractivity contribution in [3.63, 3.8) is 0 Å². The molecule has 42 heavy (non-hydrogen) atoms. The lowest BCUT2D eigenvalue weighted by atomic mass is 9.65. The minimum Gasteiger partial charge on any atom is -0.356 e. The van der Waals surface area contributed by atoms with Gasteiger partial charge >= 0.3 is 0 Å². The average Bonchev–Trinajstić information content (AvgIpc) is 3.58. The van der Waals surface area contributed by atoms with Crippen LogP contribution >= 0.6 is 0 Å². The van der Waals surface area contributed by atoms with Crippen molar-refractivity contribution in [3.8, 4) is 0 Å². The maximum Gasteiger partial charge on any atom is 0.154 e. The molecule has 0 saturated heterocycles. The van der Waals surface area contributed by atoms with E-state index in [1.54, 1.807) is 7.11 Å². The predicted molar refractivity (Wildman–Crippen MR) is 165 cm³/mol. The van der Waals surface area contributed by atoms with E-state index in [4.69, 9.17) is 28.4 Å². The van der Waals surface area contributed by atoms with Crippen LogP contribution in [0.2, 0.25) is 0 Å². The highest BCUT2D eigenvalue weighted by atomic mass is 16.7. The lowest BCUT2D eigenvalue weighted by Crippen LogP contribution is -2.50. The van der Waals surface area contributed by atoms with Crippen LogP contribution in [0.4, 0.5) is 0 Å². The zero-order valence-corrected chi connectivity index (χ0v) is 27.8. The van der Waals surface area contributed by atoms with E-state index in [1.165, 1.54) is 31.2 Å². The van der Waals surface area contributed by atoms with Gasteiger partial charge in [0.05, 0.1) is 32.0 Å². The van der Waals surface area contributed by atoms with E-state index in [0.717, 1.165) is 19.6 Å². The first-order valence-electron chi connectivity index (χ1n) is 16.5. The molecule has 0 spiro atoms. The number of ether oxygens (including phenoxy) is 6. The van der Waals surface area contributed by atoms with Crippen molar-refractivity contribution in [1.29, 1.82) is 0 Å². The van der Waals surface area contributed by atoms with Crippen LogP contribution in [-0.2, 0) is 34.8 Å². The Bertz CT molecular complexity index is 1030. The molecule has 6 heteroatoms. The molecule has 5 rings (SSSR count). The summed E-state index contributed by atoms with van der Waals surface area (Å²) >= 11 is 0. The molecular formula is C36H58O6. The maximum atomic E-state index is 6.67. The standard InChI is InChI=1S/C36H58O6/c1-24(37-9)42-32-34(5,6)28-17-29(36(32,8)20-28)21-38-23-41-31-33(3,4)27-18-30(35(31,7)19-27)22-40-25(2)39-16-15-26-13-11-10-12-14-26/h10-14,24-25,27-32H,15-23H2,1-9H3. The smallest absolute Gasteiger partial charge is 0.154 e. The summed E-state index contributed by atoms with van der Waals surface area (Å²) in [6, 6.07) is 10.5. The summed E-state index contributed by atoms with van der Waals surface area (Å²) < 4.78 is 37.2. The highest BCUT2D eigenvalue weighted by Crippen LogP contribution is 2.67. The third kappa shape index (κ3) is 5.98. The molecule has 1 aromatic carbocycles. The molecule has 238 valence electrons. The summed E-state index contributed by atoms with van der Waals surface area (Å²) in [5.41, 5.74) is 1.75. The molecule has 0 aromatic heterocycles. The Hall–Kier alpha value is -1.02. The largest absolute Gasteiger partial charge is 0.356 e. The van der Waals surface area contributed by atoms with E-state index in [-0.39, 0.29) is 46.4 Å². The second-order valence-electron chi connectivity index (χ2n) is 15.7. The van der Waals surface area contributed by atoms with Gasteiger partial charge in [0.25, 0.3) is 0 Å². The van der Waals surface area contributed by atoms with Gasteiger partial charge in [0.15, 0.2) is 12.6 Å². The van der Waals surface area contributed by atoms with E-state index in [0.29, 0.717) is 37.1 Å². The number of rotatable bonds is 15. The lowest BCUT2D eigenvalue weighted by molar-refractivity contribution is -0.220. The lowest BCUT2D eigenvalue weighted by Gasteiger charge is -2.47. The SMILES string of the molecule is COC(C)OC1C(C)(C)C2CC(COCOC3C(C)(C)C4CC(COC(C)OCCc5ccccc5)C3(C)C4)C1(C)C2. The van der Waals surface area contributed by atoms with Gasteiger partial charge in [-0.25, -0.2) is 0 Å². The predicted octanol–water partition coefficient (Wildman–Crippen LogP) is 7.49. The number of methoxy groups -OCH3 is 1. The maximum absolute atomic E-state index is 6.67. The first kappa shape index (κ1) is 32.4. The van der Waals surface area contributed by atoms with Gasteiger partial charge in [-0.05, 0) is 96.8 Å². The molecule has 1 aromatic rings. The van der Waals surface area contributed by atoms with Gasteiger partial charge < -0.3 is 28.4 Å². The fraction of sp³-hybridized carbons (Fsp3) is 0.833. The minimum atomic E-state index is -0.208. The van der Waals surface area contributed by atoms with Gasteiger partial charge in [-0.2, -0.15) is 0 Å².